The fourth-order valence-electron chi connectivity index (χ4n) is 3.79. The number of rotatable bonds is 5. The summed E-state index contributed by atoms with van der Waals surface area (Å²) in [5.74, 6) is 1.47. The van der Waals surface area contributed by atoms with Crippen molar-refractivity contribution >= 4 is 11.7 Å². The molecule has 0 atom stereocenters. The molecule has 6 nitrogen and oxygen atoms in total. The number of nitrogens with one attached hydrogen (secondary N) is 1. The normalized spacial score (nSPS) is 16.3. The lowest BCUT2D eigenvalue weighted by atomic mass is 10.1. The van der Waals surface area contributed by atoms with Crippen LogP contribution in [0.4, 0.5) is 10.5 Å². The number of nitrogens with zero attached hydrogens (tertiary/aromatic N) is 2. The average molecular weight is 367 g/mol. The monoisotopic (exact) mass is 367 g/mol. The van der Waals surface area contributed by atoms with Crippen LogP contribution in [-0.4, -0.2) is 30.8 Å². The predicted octanol–water partition coefficient (Wildman–Crippen LogP) is 3.68. The number of benzene rings is 1. The van der Waals surface area contributed by atoms with Crippen LogP contribution in [0.25, 0.3) is 0 Å². The Morgan fingerprint density at radius 1 is 1.26 bits per heavy atom. The number of anilines is 1. The van der Waals surface area contributed by atoms with Gasteiger partial charge in [-0.25, -0.2) is 9.78 Å². The molecule has 1 aromatic carbocycles. The highest BCUT2D eigenvalue weighted by molar-refractivity contribution is 5.94. The number of amides is 2. The summed E-state index contributed by atoms with van der Waals surface area (Å²) in [6.07, 6.45) is 7.51. The van der Waals surface area contributed by atoms with E-state index in [1.54, 1.807) is 18.2 Å². The number of fused-ring (bicyclic) bond motifs is 1. The third-order valence-corrected chi connectivity index (χ3v) is 5.26. The zero-order valence-electron chi connectivity index (χ0n) is 15.6. The predicted molar refractivity (Wildman–Crippen MR) is 103 cm³/mol. The smallest absolute Gasteiger partial charge is 0.322 e. The Labute approximate surface area is 159 Å². The summed E-state index contributed by atoms with van der Waals surface area (Å²) in [6.45, 7) is 1.13. The Morgan fingerprint density at radius 2 is 2.11 bits per heavy atom. The van der Waals surface area contributed by atoms with E-state index in [0.717, 1.165) is 41.8 Å². The fraction of sp³-hybridized carbons (Fsp3) is 0.429. The molecule has 4 rings (SSSR count). The molecule has 1 aromatic heterocycles. The number of urea groups is 1. The second-order valence-corrected chi connectivity index (χ2v) is 7.08. The SMILES string of the molecule is COc1ccc2c(c1)CCN2C(=O)NCc1ccnc(OC2CCCC2)c1. The van der Waals surface area contributed by atoms with Crippen molar-refractivity contribution < 1.29 is 14.3 Å². The number of carbonyl (C=O) groups excluding carboxylic acids is 1. The molecule has 1 saturated carbocycles. The molecule has 2 aliphatic rings. The van der Waals surface area contributed by atoms with Crippen LogP contribution in [0.3, 0.4) is 0 Å². The zero-order valence-corrected chi connectivity index (χ0v) is 15.6. The second-order valence-electron chi connectivity index (χ2n) is 7.08. The molecule has 0 unspecified atom stereocenters. The number of pyridine rings is 1. The van der Waals surface area contributed by atoms with Crippen molar-refractivity contribution in [1.29, 1.82) is 0 Å². The minimum atomic E-state index is -0.0889. The van der Waals surface area contributed by atoms with Crippen molar-refractivity contribution in [2.45, 2.75) is 44.8 Å². The van der Waals surface area contributed by atoms with E-state index in [1.165, 1.54) is 12.8 Å². The summed E-state index contributed by atoms with van der Waals surface area (Å²) in [5.41, 5.74) is 3.08. The van der Waals surface area contributed by atoms with Crippen LogP contribution >= 0.6 is 0 Å². The van der Waals surface area contributed by atoms with Crippen LogP contribution in [-0.2, 0) is 13.0 Å². The van der Waals surface area contributed by atoms with Gasteiger partial charge >= 0.3 is 6.03 Å². The van der Waals surface area contributed by atoms with E-state index in [9.17, 15) is 4.79 Å². The minimum Gasteiger partial charge on any atom is -0.497 e. The third-order valence-electron chi connectivity index (χ3n) is 5.26. The summed E-state index contributed by atoms with van der Waals surface area (Å²) >= 11 is 0. The molecular weight excluding hydrogens is 342 g/mol. The summed E-state index contributed by atoms with van der Waals surface area (Å²) in [5, 5.41) is 3.00. The Bertz CT molecular complexity index is 818. The first-order chi connectivity index (χ1) is 13.2. The van der Waals surface area contributed by atoms with Crippen molar-refractivity contribution in [2.24, 2.45) is 0 Å². The first-order valence-corrected chi connectivity index (χ1v) is 9.57. The Kier molecular flexibility index (Phi) is 5.14. The van der Waals surface area contributed by atoms with Gasteiger partial charge in [0.25, 0.3) is 0 Å². The molecule has 6 heteroatoms. The van der Waals surface area contributed by atoms with Crippen LogP contribution in [0.15, 0.2) is 36.5 Å². The van der Waals surface area contributed by atoms with Gasteiger partial charge in [-0.1, -0.05) is 0 Å². The molecular formula is C21H25N3O3. The van der Waals surface area contributed by atoms with Crippen molar-refractivity contribution in [2.75, 3.05) is 18.6 Å². The summed E-state index contributed by atoms with van der Waals surface area (Å²) in [4.78, 5) is 18.7. The number of hydrogen-bond acceptors (Lipinski definition) is 4. The molecule has 142 valence electrons. The van der Waals surface area contributed by atoms with Gasteiger partial charge in [-0.05, 0) is 67.5 Å². The van der Waals surface area contributed by atoms with Crippen molar-refractivity contribution in [3.05, 3.63) is 47.7 Å². The van der Waals surface area contributed by atoms with E-state index in [4.69, 9.17) is 9.47 Å². The van der Waals surface area contributed by atoms with Gasteiger partial charge < -0.3 is 14.8 Å². The van der Waals surface area contributed by atoms with Gasteiger partial charge in [0, 0.05) is 31.0 Å². The number of aromatic nitrogens is 1. The molecule has 2 heterocycles. The van der Waals surface area contributed by atoms with E-state index >= 15 is 0 Å². The van der Waals surface area contributed by atoms with Crippen LogP contribution in [0.1, 0.15) is 36.8 Å². The lowest BCUT2D eigenvalue weighted by Crippen LogP contribution is -2.38. The number of ether oxygens (including phenoxy) is 2. The summed E-state index contributed by atoms with van der Waals surface area (Å²) < 4.78 is 11.2. The average Bonchev–Trinajstić information content (AvgIpc) is 3.35. The van der Waals surface area contributed by atoms with Gasteiger partial charge in [-0.2, -0.15) is 0 Å². The fourth-order valence-corrected chi connectivity index (χ4v) is 3.79. The van der Waals surface area contributed by atoms with Gasteiger partial charge in [0.15, 0.2) is 0 Å². The van der Waals surface area contributed by atoms with Gasteiger partial charge in [-0.3, -0.25) is 4.90 Å². The number of carbonyl (C=O) groups is 1. The minimum absolute atomic E-state index is 0.0889. The lowest BCUT2D eigenvalue weighted by molar-refractivity contribution is 0.201. The van der Waals surface area contributed by atoms with E-state index in [2.05, 4.69) is 10.3 Å². The largest absolute Gasteiger partial charge is 0.497 e. The maximum atomic E-state index is 12.6. The van der Waals surface area contributed by atoms with E-state index in [1.807, 2.05) is 30.3 Å². The summed E-state index contributed by atoms with van der Waals surface area (Å²) in [7, 11) is 1.65. The summed E-state index contributed by atoms with van der Waals surface area (Å²) in [6, 6.07) is 9.57. The molecule has 0 bridgehead atoms. The maximum Gasteiger partial charge on any atom is 0.322 e. The third kappa shape index (κ3) is 3.99. The first kappa shape index (κ1) is 17.6. The number of methoxy groups -OCH3 is 1. The van der Waals surface area contributed by atoms with Gasteiger partial charge in [-0.15, -0.1) is 0 Å². The second kappa shape index (κ2) is 7.86. The van der Waals surface area contributed by atoms with Crippen LogP contribution in [0, 0.1) is 0 Å². The van der Waals surface area contributed by atoms with Gasteiger partial charge in [0.2, 0.25) is 5.88 Å². The van der Waals surface area contributed by atoms with Crippen molar-refractivity contribution in [3.8, 4) is 11.6 Å². The highest BCUT2D eigenvalue weighted by atomic mass is 16.5. The molecule has 2 amide bonds. The zero-order chi connectivity index (χ0) is 18.6. The molecule has 2 aromatic rings. The molecule has 27 heavy (non-hydrogen) atoms. The standard InChI is InChI=1S/C21H25N3O3/c1-26-18-6-7-19-16(13-18)9-11-24(19)21(25)23-14-15-8-10-22-20(12-15)27-17-4-2-3-5-17/h6-8,10,12-13,17H,2-5,9,11,14H2,1H3,(H,23,25). The molecule has 0 saturated heterocycles. The molecule has 1 fully saturated rings. The van der Waals surface area contributed by atoms with E-state index in [-0.39, 0.29) is 12.1 Å². The van der Waals surface area contributed by atoms with Crippen LogP contribution < -0.4 is 19.7 Å². The quantitative estimate of drug-likeness (QED) is 0.875. The van der Waals surface area contributed by atoms with Crippen LogP contribution in [0.5, 0.6) is 11.6 Å². The molecule has 1 aliphatic carbocycles. The Balaban J connectivity index is 1.36. The molecule has 1 aliphatic heterocycles. The first-order valence-electron chi connectivity index (χ1n) is 9.57. The van der Waals surface area contributed by atoms with Gasteiger partial charge in [0.05, 0.1) is 7.11 Å². The molecule has 0 spiro atoms. The highest BCUT2D eigenvalue weighted by Gasteiger charge is 2.25. The van der Waals surface area contributed by atoms with E-state index in [0.29, 0.717) is 19.0 Å². The highest BCUT2D eigenvalue weighted by Crippen LogP contribution is 2.31. The van der Waals surface area contributed by atoms with E-state index < -0.39 is 0 Å². The van der Waals surface area contributed by atoms with Crippen LogP contribution in [0.2, 0.25) is 0 Å². The molecule has 1 N–H and O–H groups in total. The molecule has 0 radical (unpaired) electrons. The maximum absolute atomic E-state index is 12.6. The topological polar surface area (TPSA) is 63.7 Å². The Hall–Kier alpha value is -2.76. The van der Waals surface area contributed by atoms with Crippen molar-refractivity contribution in [3.63, 3.8) is 0 Å². The van der Waals surface area contributed by atoms with Gasteiger partial charge in [0.1, 0.15) is 11.9 Å². The number of hydrogen-bond donors (Lipinski definition) is 1. The van der Waals surface area contributed by atoms with Crippen molar-refractivity contribution in [1.82, 2.24) is 10.3 Å². The lowest BCUT2D eigenvalue weighted by Gasteiger charge is -2.18. The Morgan fingerprint density at radius 3 is 2.93 bits per heavy atom.